The van der Waals surface area contributed by atoms with E-state index in [0.717, 1.165) is 38.4 Å². The zero-order valence-electron chi connectivity index (χ0n) is 14.9. The van der Waals surface area contributed by atoms with Crippen LogP contribution >= 0.6 is 12.2 Å². The monoisotopic (exact) mass is 368 g/mol. The Labute approximate surface area is 159 Å². The van der Waals surface area contributed by atoms with Gasteiger partial charge in [-0.3, -0.25) is 4.68 Å². The molecule has 1 heterocycles. The fraction of sp³-hybridized carbons (Fsp3) is 0.300. The van der Waals surface area contributed by atoms with Gasteiger partial charge in [0.1, 0.15) is 0 Å². The minimum atomic E-state index is 0.603. The van der Waals surface area contributed by atoms with Gasteiger partial charge in [0, 0.05) is 26.0 Å². The third-order valence-corrected chi connectivity index (χ3v) is 4.30. The van der Waals surface area contributed by atoms with Crippen LogP contribution in [0.5, 0.6) is 0 Å². The second-order valence-electron chi connectivity index (χ2n) is 6.00. The fourth-order valence-electron chi connectivity index (χ4n) is 2.82. The predicted molar refractivity (Wildman–Crippen MR) is 111 cm³/mol. The summed E-state index contributed by atoms with van der Waals surface area (Å²) in [5, 5.41) is 13.9. The summed E-state index contributed by atoms with van der Waals surface area (Å²) in [6, 6.07) is 14.8. The van der Waals surface area contributed by atoms with E-state index in [1.165, 1.54) is 16.3 Å². The van der Waals surface area contributed by atoms with Crippen molar-refractivity contribution >= 4 is 33.8 Å². The van der Waals surface area contributed by atoms with Crippen LogP contribution in [-0.2, 0) is 11.3 Å². The highest BCUT2D eigenvalue weighted by Gasteiger charge is 2.04. The van der Waals surface area contributed by atoms with E-state index in [1.807, 2.05) is 17.8 Å². The van der Waals surface area contributed by atoms with Crippen molar-refractivity contribution in [3.8, 4) is 0 Å². The maximum absolute atomic E-state index is 5.32. The quantitative estimate of drug-likeness (QED) is 0.468. The summed E-state index contributed by atoms with van der Waals surface area (Å²) in [6.45, 7) is 5.00. The maximum Gasteiger partial charge on any atom is 0.170 e. The van der Waals surface area contributed by atoms with Gasteiger partial charge in [0.25, 0.3) is 0 Å². The minimum Gasteiger partial charge on any atom is -0.382 e. The maximum atomic E-state index is 5.32. The third-order valence-electron chi connectivity index (χ3n) is 4.06. The average molecular weight is 369 g/mol. The summed E-state index contributed by atoms with van der Waals surface area (Å²) in [5.41, 5.74) is 2.13. The Hall–Kier alpha value is -2.44. The van der Waals surface area contributed by atoms with Gasteiger partial charge in [0.05, 0.1) is 18.4 Å². The van der Waals surface area contributed by atoms with E-state index >= 15 is 0 Å². The molecule has 0 aliphatic rings. The van der Waals surface area contributed by atoms with Crippen molar-refractivity contribution in [2.45, 2.75) is 19.9 Å². The summed E-state index contributed by atoms with van der Waals surface area (Å²) in [4.78, 5) is 0. The van der Waals surface area contributed by atoms with Gasteiger partial charge in [-0.1, -0.05) is 42.5 Å². The number of benzene rings is 2. The largest absolute Gasteiger partial charge is 0.382 e. The summed E-state index contributed by atoms with van der Waals surface area (Å²) in [5.74, 6) is 0. The molecule has 2 aromatic carbocycles. The second kappa shape index (κ2) is 9.31. The Morgan fingerprint density at radius 1 is 1.19 bits per heavy atom. The van der Waals surface area contributed by atoms with E-state index in [0.29, 0.717) is 5.11 Å². The molecule has 0 unspecified atom stereocenters. The number of fused-ring (bicyclic) bond motifs is 1. The molecule has 0 saturated carbocycles. The Morgan fingerprint density at radius 3 is 2.92 bits per heavy atom. The van der Waals surface area contributed by atoms with Gasteiger partial charge in [0.15, 0.2) is 5.11 Å². The first-order chi connectivity index (χ1) is 12.8. The molecule has 3 aromatic rings. The molecule has 136 valence electrons. The topological polar surface area (TPSA) is 51.1 Å². The van der Waals surface area contributed by atoms with Crippen molar-refractivity contribution in [2.75, 3.05) is 25.1 Å². The number of aromatic nitrogens is 2. The summed E-state index contributed by atoms with van der Waals surface area (Å²) in [7, 11) is 0. The highest BCUT2D eigenvalue weighted by atomic mass is 32.1. The summed E-state index contributed by atoms with van der Waals surface area (Å²) >= 11 is 5.32. The number of rotatable bonds is 8. The van der Waals surface area contributed by atoms with Crippen LogP contribution in [0.3, 0.4) is 0 Å². The van der Waals surface area contributed by atoms with Crippen molar-refractivity contribution < 1.29 is 4.74 Å². The zero-order chi connectivity index (χ0) is 18.2. The number of nitrogens with one attached hydrogen (secondary N) is 2. The lowest BCUT2D eigenvalue weighted by Gasteiger charge is -2.09. The van der Waals surface area contributed by atoms with Crippen molar-refractivity contribution in [3.05, 3.63) is 60.4 Å². The van der Waals surface area contributed by atoms with E-state index < -0.39 is 0 Å². The molecule has 0 atom stereocenters. The van der Waals surface area contributed by atoms with Crippen molar-refractivity contribution in [2.24, 2.45) is 0 Å². The first-order valence-corrected chi connectivity index (χ1v) is 9.29. The van der Waals surface area contributed by atoms with Crippen LogP contribution in [0.25, 0.3) is 10.8 Å². The first kappa shape index (κ1) is 18.4. The molecular formula is C20H24N4OS. The van der Waals surface area contributed by atoms with Gasteiger partial charge in [-0.25, -0.2) is 0 Å². The van der Waals surface area contributed by atoms with Crippen LogP contribution in [0.15, 0.2) is 54.9 Å². The molecule has 0 aliphatic carbocycles. The molecule has 6 heteroatoms. The Morgan fingerprint density at radius 2 is 2.04 bits per heavy atom. The molecule has 26 heavy (non-hydrogen) atoms. The number of ether oxygens (including phenoxy) is 1. The Kier molecular flexibility index (Phi) is 6.57. The van der Waals surface area contributed by atoms with Gasteiger partial charge in [-0.05, 0) is 41.9 Å². The highest BCUT2D eigenvalue weighted by Crippen LogP contribution is 2.19. The van der Waals surface area contributed by atoms with Crippen molar-refractivity contribution in [1.82, 2.24) is 15.1 Å². The van der Waals surface area contributed by atoms with Gasteiger partial charge in [-0.15, -0.1) is 0 Å². The number of hydrogen-bond acceptors (Lipinski definition) is 3. The number of anilines is 1. The summed E-state index contributed by atoms with van der Waals surface area (Å²) < 4.78 is 7.23. The molecule has 5 nitrogen and oxygen atoms in total. The molecule has 0 fully saturated rings. The zero-order valence-corrected chi connectivity index (χ0v) is 15.8. The highest BCUT2D eigenvalue weighted by molar-refractivity contribution is 7.80. The Balaban J connectivity index is 1.55. The van der Waals surface area contributed by atoms with E-state index in [1.54, 1.807) is 6.20 Å². The second-order valence-corrected chi connectivity index (χ2v) is 6.40. The standard InChI is InChI=1S/C20H24N4OS/c1-2-25-12-6-11-21-20(26)23-18-13-22-24(15-18)14-17-9-5-8-16-7-3-4-10-19(16)17/h3-5,7-10,13,15H,2,6,11-12,14H2,1H3,(H2,21,23,26). The number of nitrogens with zero attached hydrogens (tertiary/aromatic N) is 2. The average Bonchev–Trinajstić information content (AvgIpc) is 3.08. The van der Waals surface area contributed by atoms with E-state index in [4.69, 9.17) is 17.0 Å². The Bertz CT molecular complexity index is 856. The van der Waals surface area contributed by atoms with Crippen LogP contribution in [0.1, 0.15) is 18.9 Å². The van der Waals surface area contributed by atoms with E-state index in [2.05, 4.69) is 58.2 Å². The van der Waals surface area contributed by atoms with Gasteiger partial charge < -0.3 is 15.4 Å². The van der Waals surface area contributed by atoms with Crippen molar-refractivity contribution in [1.29, 1.82) is 0 Å². The van der Waals surface area contributed by atoms with Gasteiger partial charge in [-0.2, -0.15) is 5.10 Å². The molecule has 0 spiro atoms. The van der Waals surface area contributed by atoms with Crippen LogP contribution in [-0.4, -0.2) is 34.7 Å². The SMILES string of the molecule is CCOCCCNC(=S)Nc1cnn(Cc2cccc3ccccc23)c1. The smallest absolute Gasteiger partial charge is 0.170 e. The third kappa shape index (κ3) is 5.03. The fourth-order valence-corrected chi connectivity index (χ4v) is 3.04. The predicted octanol–water partition coefficient (Wildman–Crippen LogP) is 3.80. The molecule has 0 aliphatic heterocycles. The summed E-state index contributed by atoms with van der Waals surface area (Å²) in [6.07, 6.45) is 4.69. The van der Waals surface area contributed by atoms with Crippen LogP contribution in [0, 0.1) is 0 Å². The molecule has 1 aromatic heterocycles. The molecule has 0 bridgehead atoms. The first-order valence-electron chi connectivity index (χ1n) is 8.88. The molecule has 0 amide bonds. The normalized spacial score (nSPS) is 10.8. The van der Waals surface area contributed by atoms with Gasteiger partial charge in [0.2, 0.25) is 0 Å². The molecule has 0 radical (unpaired) electrons. The van der Waals surface area contributed by atoms with Crippen LogP contribution < -0.4 is 10.6 Å². The molecule has 2 N–H and O–H groups in total. The van der Waals surface area contributed by atoms with Gasteiger partial charge >= 0.3 is 0 Å². The van der Waals surface area contributed by atoms with Crippen molar-refractivity contribution in [3.63, 3.8) is 0 Å². The molecular weight excluding hydrogens is 344 g/mol. The van der Waals surface area contributed by atoms with E-state index in [9.17, 15) is 0 Å². The van der Waals surface area contributed by atoms with Crippen LogP contribution in [0.4, 0.5) is 5.69 Å². The lowest BCUT2D eigenvalue weighted by Crippen LogP contribution is -2.29. The van der Waals surface area contributed by atoms with Crippen LogP contribution in [0.2, 0.25) is 0 Å². The number of thiocarbonyl (C=S) groups is 1. The lowest BCUT2D eigenvalue weighted by molar-refractivity contribution is 0.146. The lowest BCUT2D eigenvalue weighted by atomic mass is 10.0. The molecule has 3 rings (SSSR count). The molecule has 0 saturated heterocycles. The number of hydrogen-bond donors (Lipinski definition) is 2. The minimum absolute atomic E-state index is 0.603. The van der Waals surface area contributed by atoms with E-state index in [-0.39, 0.29) is 0 Å².